The number of carboxylic acid groups (broad SMARTS) is 1. The molecule has 7 rings (SSSR count). The van der Waals surface area contributed by atoms with Crippen molar-refractivity contribution >= 4 is 17.6 Å². The molecular formula is C44H49ClN4O7. The van der Waals surface area contributed by atoms with Gasteiger partial charge in [-0.1, -0.05) is 41.9 Å². The Balaban J connectivity index is 1.03. The highest BCUT2D eigenvalue weighted by Gasteiger charge is 2.47. The Bertz CT molecular complexity index is 2080. The third kappa shape index (κ3) is 9.12. The van der Waals surface area contributed by atoms with Crippen LogP contribution >= 0.6 is 11.6 Å². The number of nitrogens with zero attached hydrogens (tertiary/aromatic N) is 4. The van der Waals surface area contributed by atoms with Crippen LogP contribution in [-0.4, -0.2) is 89.1 Å². The molecule has 1 unspecified atom stereocenters. The third-order valence-corrected chi connectivity index (χ3v) is 11.7. The SMILES string of the molecule is Cc1c(COc2cc(OCc3cncc(C#N)c3)c(CN3CCOC[C@H]3C(=O)O)cc2Cl)cccc1-c1cccc(OCCCN2CC3(CCC(O)C3)C2)c1C. The van der Waals surface area contributed by atoms with Gasteiger partial charge in [-0.3, -0.25) is 14.7 Å². The first-order valence-corrected chi connectivity index (χ1v) is 19.7. The maximum atomic E-state index is 12.0. The number of aliphatic hydroxyl groups is 1. The number of morpholine rings is 1. The van der Waals surface area contributed by atoms with Crippen molar-refractivity contribution in [1.82, 2.24) is 14.8 Å². The van der Waals surface area contributed by atoms with Crippen LogP contribution in [0, 0.1) is 30.6 Å². The van der Waals surface area contributed by atoms with Crippen molar-refractivity contribution in [2.24, 2.45) is 5.41 Å². The highest BCUT2D eigenvalue weighted by Crippen LogP contribution is 2.45. The number of hydrogen-bond acceptors (Lipinski definition) is 10. The van der Waals surface area contributed by atoms with E-state index in [4.69, 9.17) is 30.5 Å². The van der Waals surface area contributed by atoms with Crippen LogP contribution in [0.15, 0.2) is 67.0 Å². The van der Waals surface area contributed by atoms with Gasteiger partial charge in [-0.2, -0.15) is 5.26 Å². The second-order valence-corrected chi connectivity index (χ2v) is 15.8. The van der Waals surface area contributed by atoms with E-state index in [9.17, 15) is 20.3 Å². The topological polar surface area (TPSA) is 138 Å². The highest BCUT2D eigenvalue weighted by atomic mass is 35.5. The summed E-state index contributed by atoms with van der Waals surface area (Å²) >= 11 is 6.85. The molecule has 11 nitrogen and oxygen atoms in total. The Labute approximate surface area is 333 Å². The number of rotatable bonds is 15. The number of benzene rings is 3. The van der Waals surface area contributed by atoms with Gasteiger partial charge in [0.1, 0.15) is 42.6 Å². The standard InChI is InChI=1S/C44H49ClN4O7/c1-29-33(6-3-7-36(29)37-8-4-9-40(30(37)2)54-14-5-12-48-27-44(28-48)11-10-35(50)19-44)25-56-42-18-41(55-24-32-16-31(20-46)21-47-22-32)34(17-38(42)45)23-49-13-15-53-26-39(49)43(51)52/h3-4,6-9,16-18,21-22,35,39,50H,5,10-15,19,23-28H2,1-2H3,(H,51,52)/t35?,39-/m0/s1. The molecule has 3 fully saturated rings. The molecule has 3 heterocycles. The molecule has 2 atom stereocenters. The van der Waals surface area contributed by atoms with Gasteiger partial charge in [0.15, 0.2) is 0 Å². The summed E-state index contributed by atoms with van der Waals surface area (Å²) in [6, 6.07) is 18.9. The molecule has 4 aromatic rings. The number of likely N-dealkylation sites (tertiary alicyclic amines) is 1. The third-order valence-electron chi connectivity index (χ3n) is 11.4. The number of aromatic nitrogens is 1. The van der Waals surface area contributed by atoms with Gasteiger partial charge in [0, 0.05) is 62.3 Å². The monoisotopic (exact) mass is 780 g/mol. The lowest BCUT2D eigenvalue weighted by Gasteiger charge is -2.48. The van der Waals surface area contributed by atoms with E-state index in [1.165, 1.54) is 6.20 Å². The number of aliphatic carboxylic acids is 1. The molecule has 1 spiro atoms. The van der Waals surface area contributed by atoms with Crippen molar-refractivity contribution in [3.63, 3.8) is 0 Å². The van der Waals surface area contributed by atoms with E-state index >= 15 is 0 Å². The fourth-order valence-electron chi connectivity index (χ4n) is 8.35. The van der Waals surface area contributed by atoms with Crippen LogP contribution in [0.5, 0.6) is 17.2 Å². The molecule has 1 aliphatic carbocycles. The first kappa shape index (κ1) is 39.5. The van der Waals surface area contributed by atoms with Crippen LogP contribution < -0.4 is 14.2 Å². The van der Waals surface area contributed by atoms with E-state index in [1.54, 1.807) is 24.4 Å². The zero-order valence-electron chi connectivity index (χ0n) is 32.0. The number of aliphatic hydroxyl groups excluding tert-OH is 1. The molecule has 2 saturated heterocycles. The lowest BCUT2D eigenvalue weighted by Crippen LogP contribution is -2.55. The highest BCUT2D eigenvalue weighted by molar-refractivity contribution is 6.32. The number of hydrogen-bond donors (Lipinski definition) is 2. The van der Waals surface area contributed by atoms with E-state index in [0.29, 0.717) is 58.4 Å². The summed E-state index contributed by atoms with van der Waals surface area (Å²) in [6.45, 7) is 9.64. The molecule has 2 aliphatic heterocycles. The van der Waals surface area contributed by atoms with E-state index in [1.807, 2.05) is 29.2 Å². The summed E-state index contributed by atoms with van der Waals surface area (Å²) in [5.41, 5.74) is 7.54. The van der Waals surface area contributed by atoms with Crippen LogP contribution in [0.3, 0.4) is 0 Å². The van der Waals surface area contributed by atoms with E-state index < -0.39 is 12.0 Å². The summed E-state index contributed by atoms with van der Waals surface area (Å²) < 4.78 is 24.4. The smallest absolute Gasteiger partial charge is 0.323 e. The average Bonchev–Trinajstić information content (AvgIpc) is 3.58. The van der Waals surface area contributed by atoms with Crippen molar-refractivity contribution in [2.45, 2.75) is 71.4 Å². The molecule has 1 saturated carbocycles. The normalized spacial score (nSPS) is 19.3. The maximum absolute atomic E-state index is 12.0. The minimum absolute atomic E-state index is 0.0925. The van der Waals surface area contributed by atoms with Gasteiger partial charge in [0.2, 0.25) is 0 Å². The molecule has 0 amide bonds. The number of halogens is 1. The Kier molecular flexibility index (Phi) is 12.4. The van der Waals surface area contributed by atoms with Gasteiger partial charge in [0.05, 0.1) is 36.5 Å². The van der Waals surface area contributed by atoms with Gasteiger partial charge >= 0.3 is 5.97 Å². The van der Waals surface area contributed by atoms with Crippen molar-refractivity contribution in [3.05, 3.63) is 105 Å². The quantitative estimate of drug-likeness (QED) is 0.121. The Morgan fingerprint density at radius 2 is 1.79 bits per heavy atom. The summed E-state index contributed by atoms with van der Waals surface area (Å²) in [5, 5.41) is 29.5. The van der Waals surface area contributed by atoms with Crippen molar-refractivity contribution in [3.8, 4) is 34.4 Å². The summed E-state index contributed by atoms with van der Waals surface area (Å²) in [6.07, 6.45) is 6.99. The minimum Gasteiger partial charge on any atom is -0.493 e. The lowest BCUT2D eigenvalue weighted by atomic mass is 9.78. The fourth-order valence-corrected chi connectivity index (χ4v) is 8.59. The molecule has 56 heavy (non-hydrogen) atoms. The van der Waals surface area contributed by atoms with Crippen LogP contribution in [0.1, 0.15) is 59.1 Å². The Morgan fingerprint density at radius 3 is 2.55 bits per heavy atom. The lowest BCUT2D eigenvalue weighted by molar-refractivity contribution is -0.150. The first-order chi connectivity index (χ1) is 27.1. The zero-order valence-corrected chi connectivity index (χ0v) is 32.8. The summed E-state index contributed by atoms with van der Waals surface area (Å²) in [7, 11) is 0. The van der Waals surface area contributed by atoms with Gasteiger partial charge < -0.3 is 34.1 Å². The number of carbonyl (C=O) groups is 1. The van der Waals surface area contributed by atoms with E-state index in [-0.39, 0.29) is 32.5 Å². The van der Waals surface area contributed by atoms with Gasteiger partial charge in [-0.15, -0.1) is 0 Å². The van der Waals surface area contributed by atoms with Crippen LogP contribution in [0.25, 0.3) is 11.1 Å². The molecule has 3 aromatic carbocycles. The van der Waals surface area contributed by atoms with E-state index in [2.05, 4.69) is 41.9 Å². The second-order valence-electron chi connectivity index (χ2n) is 15.4. The summed E-state index contributed by atoms with van der Waals surface area (Å²) in [4.78, 5) is 20.5. The predicted molar refractivity (Wildman–Crippen MR) is 212 cm³/mol. The number of nitriles is 1. The molecule has 12 heteroatoms. The molecular weight excluding hydrogens is 732 g/mol. The molecule has 3 aliphatic rings. The number of ether oxygens (including phenoxy) is 4. The first-order valence-electron chi connectivity index (χ1n) is 19.3. The van der Waals surface area contributed by atoms with Crippen molar-refractivity contribution in [2.75, 3.05) is 46.0 Å². The fraction of sp³-hybridized carbons (Fsp3) is 0.432. The van der Waals surface area contributed by atoms with Crippen LogP contribution in [-0.2, 0) is 29.3 Å². The number of pyridine rings is 1. The van der Waals surface area contributed by atoms with Crippen LogP contribution in [0.2, 0.25) is 5.02 Å². The van der Waals surface area contributed by atoms with Gasteiger partial charge in [-0.25, -0.2) is 0 Å². The summed E-state index contributed by atoms with van der Waals surface area (Å²) in [5.74, 6) is 0.839. The Hall–Kier alpha value is -4.70. The minimum atomic E-state index is -0.956. The van der Waals surface area contributed by atoms with Crippen molar-refractivity contribution < 1.29 is 34.0 Å². The predicted octanol–water partition coefficient (Wildman–Crippen LogP) is 6.95. The molecule has 294 valence electrons. The second kappa shape index (κ2) is 17.6. The molecule has 2 N–H and O–H groups in total. The molecule has 0 bridgehead atoms. The van der Waals surface area contributed by atoms with Gasteiger partial charge in [-0.05, 0) is 91.0 Å². The van der Waals surface area contributed by atoms with E-state index in [0.717, 1.165) is 78.9 Å². The van der Waals surface area contributed by atoms with Gasteiger partial charge in [0.25, 0.3) is 0 Å². The molecule has 1 aromatic heterocycles. The van der Waals surface area contributed by atoms with Crippen LogP contribution in [0.4, 0.5) is 0 Å². The largest absolute Gasteiger partial charge is 0.493 e. The van der Waals surface area contributed by atoms with Crippen molar-refractivity contribution in [1.29, 1.82) is 5.26 Å². The number of carboxylic acids is 1. The average molecular weight is 781 g/mol. The molecule has 0 radical (unpaired) electrons. The Morgan fingerprint density at radius 1 is 1.00 bits per heavy atom. The zero-order chi connectivity index (χ0) is 39.2. The maximum Gasteiger partial charge on any atom is 0.323 e.